The maximum absolute atomic E-state index is 9.28. The van der Waals surface area contributed by atoms with Crippen molar-refractivity contribution in [3.8, 4) is 28.6 Å². The Morgan fingerprint density at radius 3 is 2.44 bits per heavy atom. The van der Waals surface area contributed by atoms with Gasteiger partial charge in [0.05, 0.1) is 16.9 Å². The van der Waals surface area contributed by atoms with Gasteiger partial charge in [-0.3, -0.25) is 4.98 Å². The predicted molar refractivity (Wildman–Crippen MR) is 97.3 cm³/mol. The maximum Gasteiger partial charge on any atom is 0.183 e. The van der Waals surface area contributed by atoms with Crippen molar-refractivity contribution in [2.75, 3.05) is 5.73 Å². The fraction of sp³-hybridized carbons (Fsp3) is 0. The van der Waals surface area contributed by atoms with Crippen LogP contribution >= 0.6 is 0 Å². The van der Waals surface area contributed by atoms with Crippen LogP contribution in [0.5, 0.6) is 0 Å². The highest BCUT2D eigenvalue weighted by Gasteiger charge is 2.15. The summed E-state index contributed by atoms with van der Waals surface area (Å²) in [5, 5.41) is 10.3. The molecule has 0 unspecified atom stereocenters. The van der Waals surface area contributed by atoms with E-state index in [1.54, 1.807) is 6.20 Å². The SMILES string of the molecule is N#Cc1nc(-c2ccc3ncccc3c2)c(-c2ccccc2)nc1N. The number of nitrogens with two attached hydrogens (primary N) is 1. The van der Waals surface area contributed by atoms with E-state index in [1.807, 2.05) is 66.7 Å². The zero-order valence-electron chi connectivity index (χ0n) is 13.2. The molecule has 0 spiro atoms. The highest BCUT2D eigenvalue weighted by Crippen LogP contribution is 2.31. The van der Waals surface area contributed by atoms with Gasteiger partial charge >= 0.3 is 0 Å². The molecule has 0 aliphatic rings. The second-order valence-corrected chi connectivity index (χ2v) is 5.54. The third kappa shape index (κ3) is 2.66. The lowest BCUT2D eigenvalue weighted by molar-refractivity contribution is 1.18. The van der Waals surface area contributed by atoms with Crippen molar-refractivity contribution in [3.05, 3.63) is 72.6 Å². The Morgan fingerprint density at radius 1 is 0.840 bits per heavy atom. The van der Waals surface area contributed by atoms with E-state index < -0.39 is 0 Å². The summed E-state index contributed by atoms with van der Waals surface area (Å²) in [7, 11) is 0. The molecule has 5 nitrogen and oxygen atoms in total. The van der Waals surface area contributed by atoms with Gasteiger partial charge in [0.1, 0.15) is 6.07 Å². The van der Waals surface area contributed by atoms with E-state index in [9.17, 15) is 5.26 Å². The number of hydrogen-bond acceptors (Lipinski definition) is 5. The molecule has 0 atom stereocenters. The molecule has 0 aliphatic carbocycles. The number of nitrogen functional groups attached to an aromatic ring is 1. The molecule has 0 fully saturated rings. The van der Waals surface area contributed by atoms with Crippen LogP contribution in [0.1, 0.15) is 5.69 Å². The van der Waals surface area contributed by atoms with Crippen molar-refractivity contribution in [2.45, 2.75) is 0 Å². The highest BCUT2D eigenvalue weighted by molar-refractivity contribution is 5.87. The average Bonchev–Trinajstić information content (AvgIpc) is 2.68. The van der Waals surface area contributed by atoms with Gasteiger partial charge in [-0.1, -0.05) is 42.5 Å². The number of rotatable bonds is 2. The number of pyridine rings is 1. The standard InChI is InChI=1S/C20H13N5/c21-12-17-20(22)25-18(13-5-2-1-3-6-13)19(24-17)15-8-9-16-14(11-15)7-4-10-23-16/h1-11H,(H2,22,25). The monoisotopic (exact) mass is 323 g/mol. The quantitative estimate of drug-likeness (QED) is 0.606. The van der Waals surface area contributed by atoms with Crippen LogP contribution in [0.3, 0.4) is 0 Å². The Morgan fingerprint density at radius 2 is 1.64 bits per heavy atom. The molecule has 0 amide bonds. The van der Waals surface area contributed by atoms with Gasteiger partial charge in [0.25, 0.3) is 0 Å². The maximum atomic E-state index is 9.28. The van der Waals surface area contributed by atoms with Gasteiger partial charge < -0.3 is 5.73 Å². The van der Waals surface area contributed by atoms with Crippen molar-refractivity contribution in [1.29, 1.82) is 5.26 Å². The van der Waals surface area contributed by atoms with Crippen molar-refractivity contribution in [1.82, 2.24) is 15.0 Å². The molecule has 4 aromatic rings. The fourth-order valence-corrected chi connectivity index (χ4v) is 2.75. The minimum atomic E-state index is 0.126. The van der Waals surface area contributed by atoms with E-state index in [0.29, 0.717) is 11.4 Å². The van der Waals surface area contributed by atoms with E-state index in [1.165, 1.54) is 0 Å². The third-order valence-corrected chi connectivity index (χ3v) is 3.95. The summed E-state index contributed by atoms with van der Waals surface area (Å²) in [6, 6.07) is 21.4. The van der Waals surface area contributed by atoms with E-state index in [2.05, 4.69) is 15.0 Å². The molecular weight excluding hydrogens is 310 g/mol. The summed E-state index contributed by atoms with van der Waals surface area (Å²) >= 11 is 0. The van der Waals surface area contributed by atoms with Gasteiger partial charge in [-0.2, -0.15) is 5.26 Å². The van der Waals surface area contributed by atoms with Crippen LogP contribution in [0.4, 0.5) is 5.82 Å². The molecule has 5 heteroatoms. The molecule has 0 radical (unpaired) electrons. The number of aromatic nitrogens is 3. The molecule has 2 N–H and O–H groups in total. The number of nitrogens with zero attached hydrogens (tertiary/aromatic N) is 4. The van der Waals surface area contributed by atoms with Crippen molar-refractivity contribution >= 4 is 16.7 Å². The molecule has 0 aliphatic heterocycles. The lowest BCUT2D eigenvalue weighted by Gasteiger charge is -2.11. The molecule has 0 bridgehead atoms. The fourth-order valence-electron chi connectivity index (χ4n) is 2.75. The van der Waals surface area contributed by atoms with Gasteiger partial charge in [-0.05, 0) is 18.2 Å². The number of benzene rings is 2. The molecule has 0 saturated heterocycles. The molecule has 2 heterocycles. The molecule has 0 saturated carbocycles. The van der Waals surface area contributed by atoms with Crippen LogP contribution in [0.15, 0.2) is 66.9 Å². The number of anilines is 1. The smallest absolute Gasteiger partial charge is 0.183 e. The Labute approximate surface area is 144 Å². The van der Waals surface area contributed by atoms with Gasteiger partial charge in [-0.25, -0.2) is 9.97 Å². The molecule has 2 aromatic carbocycles. The highest BCUT2D eigenvalue weighted by atomic mass is 14.9. The summed E-state index contributed by atoms with van der Waals surface area (Å²) in [6.45, 7) is 0. The van der Waals surface area contributed by atoms with Gasteiger partial charge in [-0.15, -0.1) is 0 Å². The normalized spacial score (nSPS) is 10.5. The minimum absolute atomic E-state index is 0.126. The van der Waals surface area contributed by atoms with Gasteiger partial charge in [0, 0.05) is 22.7 Å². The lowest BCUT2D eigenvalue weighted by Crippen LogP contribution is -2.03. The van der Waals surface area contributed by atoms with Crippen LogP contribution in [0.2, 0.25) is 0 Å². The first kappa shape index (κ1) is 14.8. The predicted octanol–water partition coefficient (Wildman–Crippen LogP) is 3.81. The number of nitriles is 1. The first-order valence-corrected chi connectivity index (χ1v) is 7.74. The van der Waals surface area contributed by atoms with Crippen LogP contribution in [-0.2, 0) is 0 Å². The first-order valence-electron chi connectivity index (χ1n) is 7.74. The Balaban J connectivity index is 2.00. The zero-order valence-corrected chi connectivity index (χ0v) is 13.2. The van der Waals surface area contributed by atoms with Crippen LogP contribution in [-0.4, -0.2) is 15.0 Å². The summed E-state index contributed by atoms with van der Waals surface area (Å²) in [5.74, 6) is 0.132. The summed E-state index contributed by atoms with van der Waals surface area (Å²) < 4.78 is 0. The number of fused-ring (bicyclic) bond motifs is 1. The van der Waals surface area contributed by atoms with Crippen molar-refractivity contribution in [3.63, 3.8) is 0 Å². The Kier molecular flexibility index (Phi) is 3.56. The second-order valence-electron chi connectivity index (χ2n) is 5.54. The van der Waals surface area contributed by atoms with Crippen LogP contribution < -0.4 is 5.73 Å². The lowest BCUT2D eigenvalue weighted by atomic mass is 10.0. The molecule has 2 aromatic heterocycles. The van der Waals surface area contributed by atoms with E-state index in [-0.39, 0.29) is 11.5 Å². The zero-order chi connectivity index (χ0) is 17.2. The topological polar surface area (TPSA) is 88.5 Å². The average molecular weight is 323 g/mol. The van der Waals surface area contributed by atoms with Gasteiger partial charge in [0.15, 0.2) is 11.5 Å². The molecule has 4 rings (SSSR count). The molecule has 25 heavy (non-hydrogen) atoms. The Hall–Kier alpha value is -3.78. The van der Waals surface area contributed by atoms with Gasteiger partial charge in [0.2, 0.25) is 0 Å². The largest absolute Gasteiger partial charge is 0.381 e. The summed E-state index contributed by atoms with van der Waals surface area (Å²) in [6.07, 6.45) is 1.76. The van der Waals surface area contributed by atoms with E-state index in [0.717, 1.165) is 22.0 Å². The number of hydrogen-bond donors (Lipinski definition) is 1. The van der Waals surface area contributed by atoms with Crippen molar-refractivity contribution in [2.24, 2.45) is 0 Å². The molecule has 118 valence electrons. The van der Waals surface area contributed by atoms with Crippen LogP contribution in [0, 0.1) is 11.3 Å². The summed E-state index contributed by atoms with van der Waals surface area (Å²) in [4.78, 5) is 13.3. The van der Waals surface area contributed by atoms with Crippen molar-refractivity contribution < 1.29 is 0 Å². The Bertz CT molecular complexity index is 1110. The first-order chi connectivity index (χ1) is 12.3. The summed E-state index contributed by atoms with van der Waals surface area (Å²) in [5.41, 5.74) is 9.97. The second kappa shape index (κ2) is 6.02. The van der Waals surface area contributed by atoms with E-state index in [4.69, 9.17) is 5.73 Å². The van der Waals surface area contributed by atoms with E-state index >= 15 is 0 Å². The minimum Gasteiger partial charge on any atom is -0.381 e. The molecular formula is C20H13N5. The third-order valence-electron chi connectivity index (χ3n) is 3.95. The van der Waals surface area contributed by atoms with Crippen LogP contribution in [0.25, 0.3) is 33.4 Å².